The third-order valence-corrected chi connectivity index (χ3v) is 6.51. The molecule has 1 aliphatic rings. The van der Waals surface area contributed by atoms with Crippen LogP contribution in [0.4, 0.5) is 20.2 Å². The standard InChI is InChI=1S/C23H27F2N3O5S/c1-34(31,32)28(16-10-11-19(24)20(25)14-16)12-4-9-22(29)27-21-8-3-2-7-18(21)23(30)26-15-17-6-5-13-33-17/h2-3,7-8,10-11,14,17H,4-6,9,12-13,15H2,1H3,(H,26,30)(H,27,29). The molecule has 3 rings (SSSR count). The van der Waals surface area contributed by atoms with Gasteiger partial charge < -0.3 is 15.4 Å². The maximum atomic E-state index is 13.6. The second-order valence-corrected chi connectivity index (χ2v) is 9.88. The van der Waals surface area contributed by atoms with Crippen LogP contribution in [0, 0.1) is 11.6 Å². The lowest BCUT2D eigenvalue weighted by atomic mass is 10.1. The summed E-state index contributed by atoms with van der Waals surface area (Å²) in [5.74, 6) is -3.01. The number of benzene rings is 2. The zero-order chi connectivity index (χ0) is 24.7. The van der Waals surface area contributed by atoms with E-state index >= 15 is 0 Å². The Labute approximate surface area is 197 Å². The zero-order valence-corrected chi connectivity index (χ0v) is 19.5. The summed E-state index contributed by atoms with van der Waals surface area (Å²) in [5, 5.41) is 5.49. The van der Waals surface area contributed by atoms with Crippen LogP contribution in [-0.4, -0.2) is 52.3 Å². The number of hydrogen-bond donors (Lipinski definition) is 2. The number of nitrogens with zero attached hydrogens (tertiary/aromatic N) is 1. The van der Waals surface area contributed by atoms with E-state index in [-0.39, 0.29) is 37.1 Å². The molecular weight excluding hydrogens is 468 g/mol. The number of ether oxygens (including phenoxy) is 1. The molecule has 1 saturated heterocycles. The van der Waals surface area contributed by atoms with Crippen molar-refractivity contribution in [3.05, 3.63) is 59.7 Å². The molecule has 0 saturated carbocycles. The highest BCUT2D eigenvalue weighted by Gasteiger charge is 2.21. The fourth-order valence-electron chi connectivity index (χ4n) is 3.62. The second kappa shape index (κ2) is 11.4. The molecule has 1 unspecified atom stereocenters. The average Bonchev–Trinajstić information content (AvgIpc) is 3.30. The maximum absolute atomic E-state index is 13.6. The number of halogens is 2. The molecule has 8 nitrogen and oxygen atoms in total. The third-order valence-electron chi connectivity index (χ3n) is 5.32. The summed E-state index contributed by atoms with van der Waals surface area (Å²) in [6.45, 7) is 0.952. The fraction of sp³-hybridized carbons (Fsp3) is 0.391. The maximum Gasteiger partial charge on any atom is 0.253 e. The monoisotopic (exact) mass is 495 g/mol. The fourth-order valence-corrected chi connectivity index (χ4v) is 4.58. The second-order valence-electron chi connectivity index (χ2n) is 7.98. The van der Waals surface area contributed by atoms with Crippen molar-refractivity contribution in [1.82, 2.24) is 5.32 Å². The van der Waals surface area contributed by atoms with Crippen LogP contribution in [0.1, 0.15) is 36.0 Å². The summed E-state index contributed by atoms with van der Waals surface area (Å²) >= 11 is 0. The molecule has 0 radical (unpaired) electrons. The Hall–Kier alpha value is -3.05. The van der Waals surface area contributed by atoms with E-state index in [1.54, 1.807) is 24.3 Å². The van der Waals surface area contributed by atoms with E-state index in [1.807, 2.05) is 0 Å². The smallest absolute Gasteiger partial charge is 0.253 e. The van der Waals surface area contributed by atoms with Gasteiger partial charge in [0.1, 0.15) is 0 Å². The van der Waals surface area contributed by atoms with Gasteiger partial charge in [0.2, 0.25) is 15.9 Å². The van der Waals surface area contributed by atoms with Crippen molar-refractivity contribution in [2.75, 3.05) is 35.6 Å². The molecule has 2 aromatic carbocycles. The van der Waals surface area contributed by atoms with Crippen molar-refractivity contribution in [2.24, 2.45) is 0 Å². The molecule has 0 aliphatic carbocycles. The van der Waals surface area contributed by atoms with Crippen LogP contribution in [0.2, 0.25) is 0 Å². The molecule has 1 fully saturated rings. The van der Waals surface area contributed by atoms with Gasteiger partial charge in [0, 0.05) is 32.2 Å². The topological polar surface area (TPSA) is 105 Å². The van der Waals surface area contributed by atoms with Gasteiger partial charge in [-0.15, -0.1) is 0 Å². The Kier molecular flexibility index (Phi) is 8.56. The number of hydrogen-bond acceptors (Lipinski definition) is 5. The number of nitrogens with one attached hydrogen (secondary N) is 2. The van der Waals surface area contributed by atoms with E-state index in [0.29, 0.717) is 24.4 Å². The highest BCUT2D eigenvalue weighted by molar-refractivity contribution is 7.92. The highest BCUT2D eigenvalue weighted by atomic mass is 32.2. The summed E-state index contributed by atoms with van der Waals surface area (Å²) in [5.41, 5.74) is 0.598. The van der Waals surface area contributed by atoms with Gasteiger partial charge in [0.15, 0.2) is 11.6 Å². The minimum atomic E-state index is -3.79. The van der Waals surface area contributed by atoms with E-state index in [4.69, 9.17) is 4.74 Å². The minimum Gasteiger partial charge on any atom is -0.376 e. The van der Waals surface area contributed by atoms with Crippen LogP contribution in [-0.2, 0) is 19.6 Å². The van der Waals surface area contributed by atoms with Crippen molar-refractivity contribution >= 4 is 33.2 Å². The highest BCUT2D eigenvalue weighted by Crippen LogP contribution is 2.22. The normalized spacial score (nSPS) is 15.7. The predicted molar refractivity (Wildman–Crippen MR) is 124 cm³/mol. The molecule has 2 N–H and O–H groups in total. The largest absolute Gasteiger partial charge is 0.376 e. The molecule has 184 valence electrons. The molecule has 2 aromatic rings. The number of anilines is 2. The van der Waals surface area contributed by atoms with Crippen molar-refractivity contribution in [1.29, 1.82) is 0 Å². The summed E-state index contributed by atoms with van der Waals surface area (Å²) in [6, 6.07) is 9.35. The Morgan fingerprint density at radius 2 is 1.91 bits per heavy atom. The van der Waals surface area contributed by atoms with E-state index in [2.05, 4.69) is 10.6 Å². The quantitative estimate of drug-likeness (QED) is 0.527. The number of rotatable bonds is 10. The summed E-state index contributed by atoms with van der Waals surface area (Å²) < 4.78 is 57.4. The molecule has 0 aromatic heterocycles. The van der Waals surface area contributed by atoms with Crippen molar-refractivity contribution in [2.45, 2.75) is 31.8 Å². The molecule has 34 heavy (non-hydrogen) atoms. The number of carbonyl (C=O) groups excluding carboxylic acids is 2. The van der Waals surface area contributed by atoms with Crippen LogP contribution >= 0.6 is 0 Å². The van der Waals surface area contributed by atoms with Gasteiger partial charge in [-0.1, -0.05) is 12.1 Å². The Balaban J connectivity index is 1.58. The number of para-hydroxylation sites is 1. The molecule has 1 aliphatic heterocycles. The number of amides is 2. The van der Waals surface area contributed by atoms with Crippen molar-refractivity contribution in [3.63, 3.8) is 0 Å². The molecule has 11 heteroatoms. The van der Waals surface area contributed by atoms with Gasteiger partial charge in [-0.25, -0.2) is 17.2 Å². The van der Waals surface area contributed by atoms with Crippen LogP contribution in [0.15, 0.2) is 42.5 Å². The van der Waals surface area contributed by atoms with Gasteiger partial charge in [-0.2, -0.15) is 0 Å². The van der Waals surface area contributed by atoms with Gasteiger partial charge >= 0.3 is 0 Å². The van der Waals surface area contributed by atoms with Crippen molar-refractivity contribution < 1.29 is 31.5 Å². The van der Waals surface area contributed by atoms with Gasteiger partial charge in [-0.3, -0.25) is 13.9 Å². The lowest BCUT2D eigenvalue weighted by Crippen LogP contribution is -2.32. The molecule has 2 amide bonds. The zero-order valence-electron chi connectivity index (χ0n) is 18.7. The van der Waals surface area contributed by atoms with E-state index in [1.165, 1.54) is 0 Å². The number of sulfonamides is 1. The first kappa shape index (κ1) is 25.6. The molecule has 0 spiro atoms. The first-order valence-electron chi connectivity index (χ1n) is 10.9. The predicted octanol–water partition coefficient (Wildman–Crippen LogP) is 3.06. The SMILES string of the molecule is CS(=O)(=O)N(CCCC(=O)Nc1ccccc1C(=O)NCC1CCCO1)c1ccc(F)c(F)c1. The summed E-state index contributed by atoms with van der Waals surface area (Å²) in [4.78, 5) is 25.1. The number of carbonyl (C=O) groups is 2. The Morgan fingerprint density at radius 3 is 2.59 bits per heavy atom. The van der Waals surface area contributed by atoms with Gasteiger partial charge in [-0.05, 0) is 43.5 Å². The van der Waals surface area contributed by atoms with Crippen LogP contribution < -0.4 is 14.9 Å². The van der Waals surface area contributed by atoms with Crippen LogP contribution in [0.5, 0.6) is 0 Å². The van der Waals surface area contributed by atoms with E-state index in [0.717, 1.165) is 41.6 Å². The minimum absolute atomic E-state index is 0.0157. The Bertz CT molecular complexity index is 1140. The summed E-state index contributed by atoms with van der Waals surface area (Å²) in [7, 11) is -3.79. The van der Waals surface area contributed by atoms with E-state index in [9.17, 15) is 26.8 Å². The van der Waals surface area contributed by atoms with Crippen LogP contribution in [0.3, 0.4) is 0 Å². The lowest BCUT2D eigenvalue weighted by Gasteiger charge is -2.22. The average molecular weight is 496 g/mol. The molecule has 1 atom stereocenters. The van der Waals surface area contributed by atoms with E-state index < -0.39 is 27.6 Å². The molecule has 1 heterocycles. The first-order chi connectivity index (χ1) is 16.1. The molecule has 0 bridgehead atoms. The first-order valence-corrected chi connectivity index (χ1v) is 12.7. The van der Waals surface area contributed by atoms with Gasteiger partial charge in [0.05, 0.1) is 29.3 Å². The lowest BCUT2D eigenvalue weighted by molar-refractivity contribution is -0.116. The molecular formula is C23H27F2N3O5S. The van der Waals surface area contributed by atoms with Crippen molar-refractivity contribution in [3.8, 4) is 0 Å². The van der Waals surface area contributed by atoms with Gasteiger partial charge in [0.25, 0.3) is 5.91 Å². The third kappa shape index (κ3) is 6.97. The summed E-state index contributed by atoms with van der Waals surface area (Å²) in [6.07, 6.45) is 2.83. The Morgan fingerprint density at radius 1 is 1.15 bits per heavy atom. The van der Waals surface area contributed by atoms with Crippen LogP contribution in [0.25, 0.3) is 0 Å².